The molecule has 0 fully saturated rings. The van der Waals surface area contributed by atoms with Crippen LogP contribution in [0.2, 0.25) is 10.0 Å². The zero-order valence-corrected chi connectivity index (χ0v) is 18.1. The second kappa shape index (κ2) is 8.09. The van der Waals surface area contributed by atoms with E-state index in [1.807, 2.05) is 13.1 Å². The van der Waals surface area contributed by atoms with Crippen molar-refractivity contribution >= 4 is 34.2 Å². The zero-order valence-electron chi connectivity index (χ0n) is 16.6. The lowest BCUT2D eigenvalue weighted by atomic mass is 10.3. The van der Waals surface area contributed by atoms with Crippen molar-refractivity contribution in [3.8, 4) is 5.69 Å². The minimum absolute atomic E-state index is 0.148. The third-order valence-electron chi connectivity index (χ3n) is 4.74. The van der Waals surface area contributed by atoms with E-state index in [0.29, 0.717) is 32.5 Å². The molecule has 0 saturated heterocycles. The lowest BCUT2D eigenvalue weighted by Crippen LogP contribution is -2.22. The number of hydrogen-bond acceptors (Lipinski definition) is 2. The fourth-order valence-corrected chi connectivity index (χ4v) is 3.91. The van der Waals surface area contributed by atoms with Gasteiger partial charge in [-0.2, -0.15) is 0 Å². The third-order valence-corrected chi connectivity index (χ3v) is 5.35. The molecule has 158 valence electrons. The number of aryl methyl sites for hydroxylation is 2. The van der Waals surface area contributed by atoms with Crippen molar-refractivity contribution in [2.45, 2.75) is 13.8 Å². The molecular formula is C22H17Cl2FN4O2. The molecule has 0 unspecified atom stereocenters. The van der Waals surface area contributed by atoms with E-state index in [9.17, 15) is 14.0 Å². The number of hydrogen-bond donors (Lipinski definition) is 1. The Balaban J connectivity index is 0.000000166. The van der Waals surface area contributed by atoms with Crippen molar-refractivity contribution in [2.75, 3.05) is 0 Å². The highest BCUT2D eigenvalue weighted by Gasteiger charge is 2.12. The number of rotatable bonds is 1. The molecule has 0 amide bonds. The van der Waals surface area contributed by atoms with Crippen LogP contribution >= 0.6 is 23.2 Å². The highest BCUT2D eigenvalue weighted by molar-refractivity contribution is 6.34. The molecule has 1 aromatic carbocycles. The number of benzene rings is 1. The maximum Gasteiger partial charge on any atom is 0.281 e. The van der Waals surface area contributed by atoms with Crippen LogP contribution in [0.1, 0.15) is 11.4 Å². The van der Waals surface area contributed by atoms with E-state index in [0.717, 1.165) is 5.69 Å². The Bertz CT molecular complexity index is 1550. The highest BCUT2D eigenvalue weighted by Crippen LogP contribution is 2.18. The lowest BCUT2D eigenvalue weighted by Gasteiger charge is -2.11. The van der Waals surface area contributed by atoms with Crippen LogP contribution in [0.4, 0.5) is 4.39 Å². The molecule has 0 saturated carbocycles. The van der Waals surface area contributed by atoms with Crippen LogP contribution in [0.5, 0.6) is 0 Å². The van der Waals surface area contributed by atoms with E-state index in [-0.39, 0.29) is 16.9 Å². The van der Waals surface area contributed by atoms with Crippen LogP contribution in [-0.2, 0) is 0 Å². The average molecular weight is 459 g/mol. The summed E-state index contributed by atoms with van der Waals surface area (Å²) in [7, 11) is 0. The normalized spacial score (nSPS) is 11.0. The predicted octanol–water partition coefficient (Wildman–Crippen LogP) is 4.78. The van der Waals surface area contributed by atoms with Gasteiger partial charge in [0, 0.05) is 36.2 Å². The van der Waals surface area contributed by atoms with Gasteiger partial charge in [-0.3, -0.25) is 14.2 Å². The number of nitrogens with one attached hydrogen (secondary N) is 1. The van der Waals surface area contributed by atoms with Gasteiger partial charge in [0.15, 0.2) is 0 Å². The molecule has 1 N–H and O–H groups in total. The molecule has 31 heavy (non-hydrogen) atoms. The van der Waals surface area contributed by atoms with Crippen molar-refractivity contribution in [3.05, 3.63) is 109 Å². The van der Waals surface area contributed by atoms with E-state index in [4.69, 9.17) is 23.2 Å². The van der Waals surface area contributed by atoms with Gasteiger partial charge >= 0.3 is 0 Å². The minimum Gasteiger partial charge on any atom is -0.323 e. The Hall–Kier alpha value is -3.29. The van der Waals surface area contributed by atoms with Gasteiger partial charge in [0.25, 0.3) is 11.1 Å². The molecule has 5 aromatic rings. The molecule has 0 bridgehead atoms. The summed E-state index contributed by atoms with van der Waals surface area (Å²) in [6.07, 6.45) is 7.10. The van der Waals surface area contributed by atoms with Gasteiger partial charge in [0.2, 0.25) is 0 Å². The first-order chi connectivity index (χ1) is 14.8. The van der Waals surface area contributed by atoms with Gasteiger partial charge in [0.05, 0.1) is 15.7 Å². The van der Waals surface area contributed by atoms with Crippen LogP contribution in [0.15, 0.2) is 70.8 Å². The molecule has 6 nitrogen and oxygen atoms in total. The van der Waals surface area contributed by atoms with Crippen LogP contribution in [0, 0.1) is 19.7 Å². The quantitative estimate of drug-likeness (QED) is 0.392. The van der Waals surface area contributed by atoms with Gasteiger partial charge in [-0.05, 0) is 44.2 Å². The Labute approximate surface area is 185 Å². The Morgan fingerprint density at radius 1 is 0.903 bits per heavy atom. The first kappa shape index (κ1) is 21.0. The maximum atomic E-state index is 13.3. The zero-order chi connectivity index (χ0) is 22.3. The topological polar surface area (TPSA) is 63.7 Å². The molecule has 0 radical (unpaired) electrons. The average Bonchev–Trinajstić information content (AvgIpc) is 3.25. The summed E-state index contributed by atoms with van der Waals surface area (Å²) in [6.45, 7) is 3.62. The fraction of sp³-hybridized carbons (Fsp3) is 0.0909. The number of aromatic nitrogens is 4. The van der Waals surface area contributed by atoms with E-state index >= 15 is 0 Å². The Morgan fingerprint density at radius 2 is 1.55 bits per heavy atom. The van der Waals surface area contributed by atoms with Crippen molar-refractivity contribution in [2.24, 2.45) is 0 Å². The summed E-state index contributed by atoms with van der Waals surface area (Å²) >= 11 is 11.8. The van der Waals surface area contributed by atoms with E-state index in [2.05, 4.69) is 4.98 Å². The van der Waals surface area contributed by atoms with Crippen LogP contribution in [0.3, 0.4) is 0 Å². The molecule has 4 aromatic heterocycles. The number of aromatic amines is 1. The molecule has 0 atom stereocenters. The Kier molecular flexibility index (Phi) is 5.47. The molecular weight excluding hydrogens is 442 g/mol. The molecule has 4 heterocycles. The second-order valence-electron chi connectivity index (χ2n) is 7.00. The summed E-state index contributed by atoms with van der Waals surface area (Å²) in [6, 6.07) is 9.28. The van der Waals surface area contributed by atoms with Crippen LogP contribution < -0.4 is 11.1 Å². The van der Waals surface area contributed by atoms with Crippen molar-refractivity contribution in [3.63, 3.8) is 0 Å². The summed E-state index contributed by atoms with van der Waals surface area (Å²) in [5.41, 5.74) is 2.49. The highest BCUT2D eigenvalue weighted by atomic mass is 35.5. The van der Waals surface area contributed by atoms with Crippen molar-refractivity contribution < 1.29 is 4.39 Å². The monoisotopic (exact) mass is 458 g/mol. The summed E-state index contributed by atoms with van der Waals surface area (Å²) in [5.74, 6) is -0.384. The third kappa shape index (κ3) is 3.89. The van der Waals surface area contributed by atoms with E-state index in [1.165, 1.54) is 16.7 Å². The molecule has 9 heteroatoms. The number of H-pyrrole nitrogens is 1. The van der Waals surface area contributed by atoms with E-state index < -0.39 is 0 Å². The Morgan fingerprint density at radius 3 is 2.23 bits per heavy atom. The number of halogens is 3. The van der Waals surface area contributed by atoms with Crippen LogP contribution in [0.25, 0.3) is 16.7 Å². The molecule has 5 rings (SSSR count). The first-order valence-electron chi connectivity index (χ1n) is 9.27. The molecule has 0 aliphatic heterocycles. The lowest BCUT2D eigenvalue weighted by molar-refractivity contribution is 0.626. The van der Waals surface area contributed by atoms with Gasteiger partial charge in [-0.25, -0.2) is 4.39 Å². The van der Waals surface area contributed by atoms with Crippen molar-refractivity contribution in [1.82, 2.24) is 18.4 Å². The van der Waals surface area contributed by atoms with Gasteiger partial charge in [0.1, 0.15) is 16.9 Å². The first-order valence-corrected chi connectivity index (χ1v) is 10.0. The van der Waals surface area contributed by atoms with Crippen LogP contribution in [-0.4, -0.2) is 18.4 Å². The minimum atomic E-state index is -0.384. The number of fused-ring (bicyclic) bond motifs is 2. The maximum absolute atomic E-state index is 13.3. The SMILES string of the molecule is Cc1cn2ccc(Cl)c2c(=O)[nH]1.Cc1cn2ccc(Cl)c2c(=O)n1-c1cccc(F)c1. The van der Waals surface area contributed by atoms with E-state index in [1.54, 1.807) is 58.6 Å². The smallest absolute Gasteiger partial charge is 0.281 e. The second-order valence-corrected chi connectivity index (χ2v) is 7.81. The predicted molar refractivity (Wildman–Crippen MR) is 120 cm³/mol. The molecule has 0 spiro atoms. The summed E-state index contributed by atoms with van der Waals surface area (Å²) < 4.78 is 18.1. The van der Waals surface area contributed by atoms with Gasteiger partial charge in [-0.1, -0.05) is 29.3 Å². The standard InChI is InChI=1S/C14H10ClFN2O.C8H7ClN2O/c1-9-8-17-6-5-12(15)13(17)14(19)18(9)11-4-2-3-10(16)7-11;1-5-4-11-3-2-6(9)7(11)8(12)10-5/h2-8H,1H3;2-4H,1H3,(H,10,12). The summed E-state index contributed by atoms with van der Waals surface area (Å²) in [5, 5.41) is 0.867. The summed E-state index contributed by atoms with van der Waals surface area (Å²) in [4.78, 5) is 26.5. The largest absolute Gasteiger partial charge is 0.323 e. The van der Waals surface area contributed by atoms with Gasteiger partial charge < -0.3 is 13.8 Å². The van der Waals surface area contributed by atoms with Crippen molar-refractivity contribution in [1.29, 1.82) is 0 Å². The van der Waals surface area contributed by atoms with Gasteiger partial charge in [-0.15, -0.1) is 0 Å². The fourth-order valence-electron chi connectivity index (χ4n) is 3.44. The molecule has 0 aliphatic carbocycles. The number of nitrogens with zero attached hydrogens (tertiary/aromatic N) is 3. The molecule has 0 aliphatic rings.